The molecule has 0 radical (unpaired) electrons. The van der Waals surface area contributed by atoms with Crippen LogP contribution in [0.1, 0.15) is 61.4 Å². The van der Waals surface area contributed by atoms with Crippen LogP contribution in [-0.4, -0.2) is 29.5 Å². The Balaban J connectivity index is 1.21. The van der Waals surface area contributed by atoms with Gasteiger partial charge in [-0.2, -0.15) is 0 Å². The first-order chi connectivity index (χ1) is 19.1. The maximum Gasteiger partial charge on any atom is 0.338 e. The van der Waals surface area contributed by atoms with Gasteiger partial charge in [0.05, 0.1) is 18.7 Å². The molecular formula is C33H37NO5. The zero-order valence-electron chi connectivity index (χ0n) is 22.6. The summed E-state index contributed by atoms with van der Waals surface area (Å²) < 4.78 is 18.8. The predicted molar refractivity (Wildman–Crippen MR) is 153 cm³/mol. The number of ether oxygens (including phenoxy) is 3. The van der Waals surface area contributed by atoms with E-state index in [0.717, 1.165) is 28.6 Å². The molecule has 0 fully saturated rings. The molecule has 1 aromatic heterocycles. The van der Waals surface area contributed by atoms with Gasteiger partial charge in [-0.3, -0.25) is 4.79 Å². The summed E-state index contributed by atoms with van der Waals surface area (Å²) in [6, 6.07) is 24.2. The Morgan fingerprint density at radius 3 is 2.26 bits per heavy atom. The molecule has 4 rings (SSSR count). The second-order valence-corrected chi connectivity index (χ2v) is 9.69. The van der Waals surface area contributed by atoms with Crippen molar-refractivity contribution in [1.82, 2.24) is 4.57 Å². The zero-order chi connectivity index (χ0) is 27.3. The fourth-order valence-corrected chi connectivity index (χ4v) is 4.38. The minimum atomic E-state index is -0.378. The molecule has 3 aromatic carbocycles. The lowest BCUT2D eigenvalue weighted by Gasteiger charge is -2.10. The van der Waals surface area contributed by atoms with Crippen molar-refractivity contribution in [2.24, 2.45) is 0 Å². The molecule has 0 amide bonds. The number of ketones is 1. The van der Waals surface area contributed by atoms with Crippen molar-refractivity contribution in [1.29, 1.82) is 0 Å². The van der Waals surface area contributed by atoms with Crippen molar-refractivity contribution in [3.05, 3.63) is 96.2 Å². The fourth-order valence-electron chi connectivity index (χ4n) is 4.38. The van der Waals surface area contributed by atoms with Crippen LogP contribution in [0.5, 0.6) is 11.5 Å². The van der Waals surface area contributed by atoms with E-state index < -0.39 is 0 Å². The summed E-state index contributed by atoms with van der Waals surface area (Å²) in [5, 5.41) is 0.870. The van der Waals surface area contributed by atoms with E-state index in [4.69, 9.17) is 14.2 Å². The highest BCUT2D eigenvalue weighted by molar-refractivity contribution is 5.95. The molecule has 39 heavy (non-hydrogen) atoms. The normalized spacial score (nSPS) is 10.9. The summed E-state index contributed by atoms with van der Waals surface area (Å²) in [6.45, 7) is 3.32. The number of esters is 1. The first-order valence-corrected chi connectivity index (χ1v) is 13.8. The summed E-state index contributed by atoms with van der Waals surface area (Å²) in [7, 11) is 0. The minimum Gasteiger partial charge on any atom is -0.494 e. The number of rotatable bonds is 16. The van der Waals surface area contributed by atoms with E-state index in [-0.39, 0.29) is 31.5 Å². The molecule has 1 heterocycles. The van der Waals surface area contributed by atoms with Gasteiger partial charge in [-0.05, 0) is 60.5 Å². The van der Waals surface area contributed by atoms with Crippen LogP contribution in [0, 0.1) is 0 Å². The number of carbonyl (C=O) groups is 2. The van der Waals surface area contributed by atoms with Gasteiger partial charge >= 0.3 is 5.97 Å². The maximum absolute atomic E-state index is 12.6. The quantitative estimate of drug-likeness (QED) is 0.112. The molecule has 0 aliphatic rings. The van der Waals surface area contributed by atoms with Crippen molar-refractivity contribution < 1.29 is 23.8 Å². The van der Waals surface area contributed by atoms with E-state index in [2.05, 4.69) is 6.92 Å². The highest BCUT2D eigenvalue weighted by Gasteiger charge is 2.12. The van der Waals surface area contributed by atoms with Gasteiger partial charge in [-0.25, -0.2) is 4.79 Å². The molecule has 0 N–H and O–H groups in total. The number of fused-ring (bicyclic) bond motifs is 1. The van der Waals surface area contributed by atoms with Crippen LogP contribution in [0.4, 0.5) is 0 Å². The van der Waals surface area contributed by atoms with Crippen LogP contribution in [0.15, 0.2) is 85.1 Å². The number of Topliss-reactive ketones (excluding diaryl/α,β-unsaturated/α-hetero) is 1. The second-order valence-electron chi connectivity index (χ2n) is 9.69. The Hall–Kier alpha value is -4.06. The van der Waals surface area contributed by atoms with E-state index in [1.54, 1.807) is 12.1 Å². The summed E-state index contributed by atoms with van der Waals surface area (Å²) in [6.07, 6.45) is 9.23. The third-order valence-corrected chi connectivity index (χ3v) is 6.56. The van der Waals surface area contributed by atoms with Gasteiger partial charge in [0.1, 0.15) is 24.7 Å². The summed E-state index contributed by atoms with van der Waals surface area (Å²) in [5.41, 5.74) is 2.28. The van der Waals surface area contributed by atoms with Gasteiger partial charge in [0.15, 0.2) is 5.78 Å². The highest BCUT2D eigenvalue weighted by atomic mass is 16.5. The molecule has 0 spiro atoms. The third-order valence-electron chi connectivity index (χ3n) is 6.56. The Kier molecular flexibility index (Phi) is 10.6. The van der Waals surface area contributed by atoms with Crippen LogP contribution in [0.25, 0.3) is 10.9 Å². The summed E-state index contributed by atoms with van der Waals surface area (Å²) in [4.78, 5) is 25.1. The summed E-state index contributed by atoms with van der Waals surface area (Å²) >= 11 is 0. The second kappa shape index (κ2) is 14.8. The third kappa shape index (κ3) is 8.74. The molecule has 6 nitrogen and oxygen atoms in total. The molecule has 204 valence electrons. The van der Waals surface area contributed by atoms with Crippen molar-refractivity contribution in [3.63, 3.8) is 0 Å². The lowest BCUT2D eigenvalue weighted by molar-refractivity contribution is -0.121. The number of unbranched alkanes of at least 4 members (excludes halogenated alkanes) is 5. The fraction of sp³-hybridized carbons (Fsp3) is 0.333. The van der Waals surface area contributed by atoms with Crippen LogP contribution in [0.2, 0.25) is 0 Å². The van der Waals surface area contributed by atoms with Crippen LogP contribution >= 0.6 is 0 Å². The van der Waals surface area contributed by atoms with Crippen molar-refractivity contribution in [3.8, 4) is 11.5 Å². The first kappa shape index (κ1) is 28.0. The van der Waals surface area contributed by atoms with Gasteiger partial charge in [0.25, 0.3) is 0 Å². The zero-order valence-corrected chi connectivity index (χ0v) is 22.6. The highest BCUT2D eigenvalue weighted by Crippen LogP contribution is 2.20. The van der Waals surface area contributed by atoms with Crippen LogP contribution in [-0.2, 0) is 22.7 Å². The average Bonchev–Trinajstić information content (AvgIpc) is 3.37. The van der Waals surface area contributed by atoms with E-state index in [9.17, 15) is 9.59 Å². The van der Waals surface area contributed by atoms with Crippen molar-refractivity contribution in [2.45, 2.75) is 58.6 Å². The largest absolute Gasteiger partial charge is 0.494 e. The van der Waals surface area contributed by atoms with E-state index in [1.807, 2.05) is 77.5 Å². The number of hydrogen-bond acceptors (Lipinski definition) is 5. The number of benzene rings is 3. The topological polar surface area (TPSA) is 66.8 Å². The molecule has 0 aliphatic carbocycles. The van der Waals surface area contributed by atoms with Crippen molar-refractivity contribution in [2.75, 3.05) is 13.2 Å². The van der Waals surface area contributed by atoms with Crippen LogP contribution < -0.4 is 9.47 Å². The van der Waals surface area contributed by atoms with Gasteiger partial charge in [-0.15, -0.1) is 0 Å². The Labute approximate surface area is 230 Å². The SMILES string of the molecule is CCCCCCCCOc1ccc(OCC(=O)Cn2ccc3cc(C(=O)OCc4ccccc4)ccc32)cc1. The molecule has 0 saturated carbocycles. The Bertz CT molecular complexity index is 1330. The molecule has 0 bridgehead atoms. The van der Waals surface area contributed by atoms with Gasteiger partial charge in [0.2, 0.25) is 0 Å². The van der Waals surface area contributed by atoms with Gasteiger partial charge in [0, 0.05) is 17.1 Å². The smallest absolute Gasteiger partial charge is 0.338 e. The molecule has 0 saturated heterocycles. The average molecular weight is 528 g/mol. The molecule has 6 heteroatoms. The molecule has 0 unspecified atom stereocenters. The Morgan fingerprint density at radius 2 is 1.49 bits per heavy atom. The predicted octanol–water partition coefficient (Wildman–Crippen LogP) is 7.39. The van der Waals surface area contributed by atoms with Gasteiger partial charge < -0.3 is 18.8 Å². The standard InChI is InChI=1S/C33H37NO5/c1-2-3-4-5-6-10-21-37-30-14-16-31(17-15-30)38-25-29(35)23-34-20-19-27-22-28(13-18-32(27)34)33(36)39-24-26-11-8-7-9-12-26/h7-9,11-20,22H,2-6,10,21,23-25H2,1H3. The Morgan fingerprint density at radius 1 is 0.769 bits per heavy atom. The van der Waals surface area contributed by atoms with E-state index in [0.29, 0.717) is 17.9 Å². The van der Waals surface area contributed by atoms with E-state index in [1.165, 1.54) is 32.1 Å². The van der Waals surface area contributed by atoms with Crippen LogP contribution in [0.3, 0.4) is 0 Å². The lowest BCUT2D eigenvalue weighted by Crippen LogP contribution is -2.17. The van der Waals surface area contributed by atoms with Gasteiger partial charge in [-0.1, -0.05) is 69.4 Å². The number of carbonyl (C=O) groups excluding carboxylic acids is 2. The first-order valence-electron chi connectivity index (χ1n) is 13.8. The molecule has 4 aromatic rings. The minimum absolute atomic E-state index is 0.0263. The lowest BCUT2D eigenvalue weighted by atomic mass is 10.1. The van der Waals surface area contributed by atoms with E-state index >= 15 is 0 Å². The number of hydrogen-bond donors (Lipinski definition) is 0. The molecule has 0 atom stereocenters. The number of aromatic nitrogens is 1. The number of nitrogens with zero attached hydrogens (tertiary/aromatic N) is 1. The van der Waals surface area contributed by atoms with Crippen molar-refractivity contribution >= 4 is 22.7 Å². The summed E-state index contributed by atoms with van der Waals surface area (Å²) in [5.74, 6) is 1.01. The molecular weight excluding hydrogens is 490 g/mol. The maximum atomic E-state index is 12.6. The monoisotopic (exact) mass is 527 g/mol. The molecule has 0 aliphatic heterocycles.